The van der Waals surface area contributed by atoms with E-state index >= 15 is 0 Å². The maximum absolute atomic E-state index is 12.0. The van der Waals surface area contributed by atoms with E-state index in [4.69, 9.17) is 17.3 Å². The van der Waals surface area contributed by atoms with Crippen LogP contribution in [-0.4, -0.2) is 17.7 Å². The van der Waals surface area contributed by atoms with Gasteiger partial charge in [-0.15, -0.1) is 24.2 Å². The van der Waals surface area contributed by atoms with Crippen molar-refractivity contribution < 1.29 is 4.79 Å². The minimum Gasteiger partial charge on any atom is -0.348 e. The fourth-order valence-corrected chi connectivity index (χ4v) is 3.52. The van der Waals surface area contributed by atoms with Gasteiger partial charge < -0.3 is 11.1 Å². The molecule has 1 heterocycles. The summed E-state index contributed by atoms with van der Waals surface area (Å²) in [5, 5.41) is 3.76. The molecule has 6 heteroatoms. The first-order valence-electron chi connectivity index (χ1n) is 6.60. The van der Waals surface area contributed by atoms with Gasteiger partial charge in [0.15, 0.2) is 0 Å². The van der Waals surface area contributed by atoms with Crippen LogP contribution in [0.4, 0.5) is 0 Å². The number of thioether (sulfide) groups is 1. The van der Waals surface area contributed by atoms with Crippen LogP contribution in [0.15, 0.2) is 23.1 Å². The Kier molecular flexibility index (Phi) is 7.17. The third-order valence-corrected chi connectivity index (χ3v) is 4.62. The second-order valence-electron chi connectivity index (χ2n) is 4.78. The first kappa shape index (κ1) is 17.6. The van der Waals surface area contributed by atoms with Gasteiger partial charge in [0.25, 0.3) is 0 Å². The Morgan fingerprint density at radius 3 is 3.05 bits per heavy atom. The van der Waals surface area contributed by atoms with Crippen molar-refractivity contribution in [2.75, 3.05) is 5.75 Å². The minimum atomic E-state index is -0.415. The molecule has 1 aromatic rings. The zero-order valence-corrected chi connectivity index (χ0v) is 13.8. The lowest BCUT2D eigenvalue weighted by Crippen LogP contribution is -2.42. The maximum atomic E-state index is 12.0. The van der Waals surface area contributed by atoms with Gasteiger partial charge in [0.05, 0.1) is 12.1 Å². The van der Waals surface area contributed by atoms with Crippen molar-refractivity contribution >= 4 is 41.7 Å². The maximum Gasteiger partial charge on any atom is 0.237 e. The smallest absolute Gasteiger partial charge is 0.237 e. The van der Waals surface area contributed by atoms with Gasteiger partial charge in [-0.05, 0) is 36.6 Å². The molecule has 0 radical (unpaired) electrons. The van der Waals surface area contributed by atoms with Crippen LogP contribution in [0, 0.1) is 0 Å². The number of benzene rings is 1. The molecule has 0 bridgehead atoms. The van der Waals surface area contributed by atoms with Crippen molar-refractivity contribution in [3.63, 3.8) is 0 Å². The van der Waals surface area contributed by atoms with Gasteiger partial charge in [-0.2, -0.15) is 0 Å². The standard InChI is InChI=1S/C14H19ClN2OS.ClH/c1-2-3-11(16)14(18)17-12-6-7-19-13-5-4-9(15)8-10(12)13;/h4-5,8,11-12H,2-3,6-7,16H2,1H3,(H,17,18);1H. The summed E-state index contributed by atoms with van der Waals surface area (Å²) in [5.74, 6) is 0.937. The Morgan fingerprint density at radius 2 is 2.35 bits per heavy atom. The van der Waals surface area contributed by atoms with Crippen LogP contribution in [0.25, 0.3) is 0 Å². The highest BCUT2D eigenvalue weighted by Gasteiger charge is 2.24. The molecule has 3 nitrogen and oxygen atoms in total. The molecule has 2 atom stereocenters. The molecule has 0 saturated carbocycles. The van der Waals surface area contributed by atoms with Gasteiger partial charge in [0.2, 0.25) is 5.91 Å². The summed E-state index contributed by atoms with van der Waals surface area (Å²) in [6.45, 7) is 2.03. The topological polar surface area (TPSA) is 55.1 Å². The molecule has 0 fully saturated rings. The molecule has 20 heavy (non-hydrogen) atoms. The van der Waals surface area contributed by atoms with E-state index in [1.165, 1.54) is 4.90 Å². The number of carbonyl (C=O) groups excluding carboxylic acids is 1. The lowest BCUT2D eigenvalue weighted by atomic mass is 10.0. The van der Waals surface area contributed by atoms with E-state index in [2.05, 4.69) is 5.32 Å². The third kappa shape index (κ3) is 4.29. The zero-order chi connectivity index (χ0) is 13.8. The predicted octanol–water partition coefficient (Wildman–Crippen LogP) is 3.54. The Morgan fingerprint density at radius 1 is 1.60 bits per heavy atom. The number of halogens is 2. The fraction of sp³-hybridized carbons (Fsp3) is 0.500. The number of hydrogen-bond donors (Lipinski definition) is 2. The molecule has 1 aliphatic heterocycles. The molecule has 112 valence electrons. The van der Waals surface area contributed by atoms with Crippen LogP contribution in [0.2, 0.25) is 5.02 Å². The average Bonchev–Trinajstić information content (AvgIpc) is 2.39. The number of hydrogen-bond acceptors (Lipinski definition) is 3. The van der Waals surface area contributed by atoms with E-state index in [-0.39, 0.29) is 24.4 Å². The second kappa shape index (κ2) is 8.13. The molecule has 1 aliphatic rings. The molecular formula is C14H20Cl2N2OS. The number of rotatable bonds is 4. The molecule has 2 unspecified atom stereocenters. The quantitative estimate of drug-likeness (QED) is 0.885. The van der Waals surface area contributed by atoms with E-state index in [1.807, 2.05) is 25.1 Å². The van der Waals surface area contributed by atoms with E-state index in [0.717, 1.165) is 30.6 Å². The van der Waals surface area contributed by atoms with Gasteiger partial charge in [0.1, 0.15) is 0 Å². The molecule has 0 aliphatic carbocycles. The second-order valence-corrected chi connectivity index (χ2v) is 6.35. The summed E-state index contributed by atoms with van der Waals surface area (Å²) >= 11 is 7.85. The minimum absolute atomic E-state index is 0. The van der Waals surface area contributed by atoms with Gasteiger partial charge in [-0.25, -0.2) is 0 Å². The molecule has 2 rings (SSSR count). The van der Waals surface area contributed by atoms with Crippen molar-refractivity contribution in [2.24, 2.45) is 5.73 Å². The lowest BCUT2D eigenvalue weighted by Gasteiger charge is -2.27. The molecule has 1 aromatic carbocycles. The summed E-state index contributed by atoms with van der Waals surface area (Å²) < 4.78 is 0. The van der Waals surface area contributed by atoms with Crippen molar-refractivity contribution in [1.29, 1.82) is 0 Å². The lowest BCUT2D eigenvalue weighted by molar-refractivity contribution is -0.123. The summed E-state index contributed by atoms with van der Waals surface area (Å²) in [4.78, 5) is 13.2. The molecule has 0 aromatic heterocycles. The number of nitrogens with two attached hydrogens (primary N) is 1. The SMILES string of the molecule is CCCC(N)C(=O)NC1CCSc2ccc(Cl)cc21.Cl. The number of amides is 1. The molecule has 1 amide bonds. The van der Waals surface area contributed by atoms with Crippen molar-refractivity contribution in [2.45, 2.75) is 43.2 Å². The Bertz CT molecular complexity index is 470. The summed E-state index contributed by atoms with van der Waals surface area (Å²) in [5.41, 5.74) is 6.96. The van der Waals surface area contributed by atoms with E-state index < -0.39 is 6.04 Å². The molecule has 0 saturated heterocycles. The summed E-state index contributed by atoms with van der Waals surface area (Å²) in [6.07, 6.45) is 2.55. The Balaban J connectivity index is 0.00000200. The normalized spacial score (nSPS) is 18.6. The van der Waals surface area contributed by atoms with Gasteiger partial charge in [0, 0.05) is 15.7 Å². The summed E-state index contributed by atoms with van der Waals surface area (Å²) in [6, 6.07) is 5.47. The van der Waals surface area contributed by atoms with Crippen LogP contribution in [0.5, 0.6) is 0 Å². The number of carbonyl (C=O) groups is 1. The van der Waals surface area contributed by atoms with Crippen molar-refractivity contribution in [3.8, 4) is 0 Å². The van der Waals surface area contributed by atoms with E-state index in [0.29, 0.717) is 5.02 Å². The largest absolute Gasteiger partial charge is 0.348 e. The van der Waals surface area contributed by atoms with Gasteiger partial charge >= 0.3 is 0 Å². The molecular weight excluding hydrogens is 315 g/mol. The van der Waals surface area contributed by atoms with Gasteiger partial charge in [-0.1, -0.05) is 24.9 Å². The zero-order valence-electron chi connectivity index (χ0n) is 11.4. The third-order valence-electron chi connectivity index (χ3n) is 3.26. The van der Waals surface area contributed by atoms with Crippen molar-refractivity contribution in [3.05, 3.63) is 28.8 Å². The fourth-order valence-electron chi connectivity index (χ4n) is 2.24. The first-order chi connectivity index (χ1) is 9.11. The van der Waals surface area contributed by atoms with Crippen LogP contribution in [0.1, 0.15) is 37.8 Å². The van der Waals surface area contributed by atoms with Crippen molar-refractivity contribution in [1.82, 2.24) is 5.32 Å². The highest BCUT2D eigenvalue weighted by Crippen LogP contribution is 2.37. The molecule has 3 N–H and O–H groups in total. The van der Waals surface area contributed by atoms with Crippen LogP contribution < -0.4 is 11.1 Å². The van der Waals surface area contributed by atoms with Crippen LogP contribution in [0.3, 0.4) is 0 Å². The highest BCUT2D eigenvalue weighted by molar-refractivity contribution is 7.99. The van der Waals surface area contributed by atoms with Crippen LogP contribution >= 0.6 is 35.8 Å². The summed E-state index contributed by atoms with van der Waals surface area (Å²) in [7, 11) is 0. The number of fused-ring (bicyclic) bond motifs is 1. The average molecular weight is 335 g/mol. The monoisotopic (exact) mass is 334 g/mol. The number of nitrogens with one attached hydrogen (secondary N) is 1. The Hall–Kier alpha value is -0.420. The first-order valence-corrected chi connectivity index (χ1v) is 7.96. The Labute approximate surface area is 135 Å². The van der Waals surface area contributed by atoms with E-state index in [1.54, 1.807) is 11.8 Å². The van der Waals surface area contributed by atoms with Crippen LogP contribution in [-0.2, 0) is 4.79 Å². The van der Waals surface area contributed by atoms with Gasteiger partial charge in [-0.3, -0.25) is 4.79 Å². The highest BCUT2D eigenvalue weighted by atomic mass is 35.5. The molecule has 0 spiro atoms. The predicted molar refractivity (Wildman–Crippen MR) is 87.8 cm³/mol. The van der Waals surface area contributed by atoms with E-state index in [9.17, 15) is 4.79 Å².